The second-order valence-corrected chi connectivity index (χ2v) is 8.14. The first-order chi connectivity index (χ1) is 14.4. The number of nitrogens with one attached hydrogen (secondary N) is 2. The lowest BCUT2D eigenvalue weighted by atomic mass is 10.0. The fourth-order valence-corrected chi connectivity index (χ4v) is 3.92. The second kappa shape index (κ2) is 10.5. The van der Waals surface area contributed by atoms with Gasteiger partial charge in [0.15, 0.2) is 0 Å². The zero-order chi connectivity index (χ0) is 21.5. The molecule has 160 valence electrons. The van der Waals surface area contributed by atoms with Gasteiger partial charge in [-0.1, -0.05) is 41.4 Å². The van der Waals surface area contributed by atoms with Gasteiger partial charge in [-0.2, -0.15) is 0 Å². The van der Waals surface area contributed by atoms with Crippen molar-refractivity contribution in [2.75, 3.05) is 19.6 Å². The van der Waals surface area contributed by atoms with Crippen LogP contribution in [0.3, 0.4) is 0 Å². The lowest BCUT2D eigenvalue weighted by molar-refractivity contribution is -0.122. The summed E-state index contributed by atoms with van der Waals surface area (Å²) in [4.78, 5) is 26.7. The van der Waals surface area contributed by atoms with Crippen LogP contribution >= 0.6 is 11.6 Å². The van der Waals surface area contributed by atoms with E-state index in [4.69, 9.17) is 11.6 Å². The highest BCUT2D eigenvalue weighted by atomic mass is 35.5. The van der Waals surface area contributed by atoms with Gasteiger partial charge in [0.2, 0.25) is 5.91 Å². The van der Waals surface area contributed by atoms with Gasteiger partial charge in [-0.25, -0.2) is 4.39 Å². The number of rotatable bonds is 7. The first-order valence-corrected chi connectivity index (χ1v) is 10.6. The molecule has 2 aromatic carbocycles. The van der Waals surface area contributed by atoms with E-state index < -0.39 is 11.7 Å². The van der Waals surface area contributed by atoms with Gasteiger partial charge in [0.05, 0.1) is 10.6 Å². The van der Waals surface area contributed by atoms with Crippen molar-refractivity contribution in [2.24, 2.45) is 0 Å². The predicted molar refractivity (Wildman–Crippen MR) is 116 cm³/mol. The Hall–Kier alpha value is -2.44. The topological polar surface area (TPSA) is 61.4 Å². The molecule has 0 bridgehead atoms. The van der Waals surface area contributed by atoms with E-state index in [0.717, 1.165) is 38.5 Å². The minimum Gasteiger partial charge on any atom is -0.353 e. The molecule has 2 N–H and O–H groups in total. The third kappa shape index (κ3) is 6.54. The first-order valence-electron chi connectivity index (χ1n) is 10.2. The van der Waals surface area contributed by atoms with Crippen molar-refractivity contribution in [3.05, 3.63) is 70.0 Å². The van der Waals surface area contributed by atoms with Crippen LogP contribution in [0.5, 0.6) is 0 Å². The number of carbonyl (C=O) groups is 2. The molecule has 1 aliphatic heterocycles. The average molecular weight is 432 g/mol. The maximum atomic E-state index is 13.1. The van der Waals surface area contributed by atoms with Crippen molar-refractivity contribution >= 4 is 23.4 Å². The van der Waals surface area contributed by atoms with E-state index in [-0.39, 0.29) is 35.5 Å². The molecule has 1 fully saturated rings. The average Bonchev–Trinajstić information content (AvgIpc) is 2.69. The van der Waals surface area contributed by atoms with Crippen molar-refractivity contribution in [1.29, 1.82) is 0 Å². The van der Waals surface area contributed by atoms with Gasteiger partial charge in [-0.3, -0.25) is 14.5 Å². The molecule has 0 radical (unpaired) electrons. The summed E-state index contributed by atoms with van der Waals surface area (Å²) in [5, 5.41) is 5.75. The van der Waals surface area contributed by atoms with Gasteiger partial charge in [-0.15, -0.1) is 0 Å². The third-order valence-corrected chi connectivity index (χ3v) is 5.57. The van der Waals surface area contributed by atoms with Crippen LogP contribution in [0.25, 0.3) is 0 Å². The van der Waals surface area contributed by atoms with Gasteiger partial charge in [0.1, 0.15) is 5.82 Å². The maximum absolute atomic E-state index is 13.1. The Morgan fingerprint density at radius 1 is 1.17 bits per heavy atom. The number of carbonyl (C=O) groups excluding carboxylic acids is 2. The zero-order valence-electron chi connectivity index (χ0n) is 17.1. The molecular formula is C23H27ClFN3O2. The molecule has 7 heteroatoms. The van der Waals surface area contributed by atoms with Crippen LogP contribution in [-0.2, 0) is 11.3 Å². The molecule has 0 unspecified atom stereocenters. The molecule has 0 saturated carbocycles. The number of piperidine rings is 1. The Balaban J connectivity index is 1.35. The van der Waals surface area contributed by atoms with E-state index in [1.165, 1.54) is 23.3 Å². The molecule has 0 atom stereocenters. The van der Waals surface area contributed by atoms with E-state index in [2.05, 4.69) is 46.7 Å². The van der Waals surface area contributed by atoms with Crippen molar-refractivity contribution < 1.29 is 14.0 Å². The quantitative estimate of drug-likeness (QED) is 0.702. The number of nitrogens with zero attached hydrogens (tertiary/aromatic N) is 1. The lowest BCUT2D eigenvalue weighted by Gasteiger charge is -2.32. The molecule has 0 aliphatic carbocycles. The van der Waals surface area contributed by atoms with Crippen molar-refractivity contribution in [3.8, 4) is 0 Å². The highest BCUT2D eigenvalue weighted by Gasteiger charge is 2.21. The predicted octanol–water partition coefficient (Wildman–Crippen LogP) is 3.69. The number of aryl methyl sites for hydroxylation is 1. The smallest absolute Gasteiger partial charge is 0.252 e. The first kappa shape index (κ1) is 22.2. The number of hydrogen-bond acceptors (Lipinski definition) is 3. The molecule has 30 heavy (non-hydrogen) atoms. The van der Waals surface area contributed by atoms with Crippen LogP contribution in [0.2, 0.25) is 5.02 Å². The Morgan fingerprint density at radius 2 is 1.93 bits per heavy atom. The Kier molecular flexibility index (Phi) is 7.82. The largest absolute Gasteiger partial charge is 0.353 e. The van der Waals surface area contributed by atoms with E-state index >= 15 is 0 Å². The summed E-state index contributed by atoms with van der Waals surface area (Å²) in [6.07, 6.45) is 2.01. The lowest BCUT2D eigenvalue weighted by Crippen LogP contribution is -2.45. The van der Waals surface area contributed by atoms with Crippen molar-refractivity contribution in [2.45, 2.75) is 38.8 Å². The van der Waals surface area contributed by atoms with Gasteiger partial charge in [0.25, 0.3) is 5.91 Å². The van der Waals surface area contributed by atoms with Crippen molar-refractivity contribution in [1.82, 2.24) is 15.5 Å². The summed E-state index contributed by atoms with van der Waals surface area (Å²) in [7, 11) is 0. The van der Waals surface area contributed by atoms with Crippen molar-refractivity contribution in [3.63, 3.8) is 0 Å². The van der Waals surface area contributed by atoms with E-state index in [0.29, 0.717) is 0 Å². The maximum Gasteiger partial charge on any atom is 0.252 e. The zero-order valence-corrected chi connectivity index (χ0v) is 17.8. The number of hydrogen-bond donors (Lipinski definition) is 2. The van der Waals surface area contributed by atoms with Gasteiger partial charge < -0.3 is 10.6 Å². The monoisotopic (exact) mass is 431 g/mol. The number of benzene rings is 2. The van der Waals surface area contributed by atoms with Crippen LogP contribution in [0.1, 0.15) is 40.7 Å². The molecule has 0 spiro atoms. The highest BCUT2D eigenvalue weighted by molar-refractivity contribution is 6.33. The summed E-state index contributed by atoms with van der Waals surface area (Å²) in [6.45, 7) is 5.12. The number of amides is 2. The SMILES string of the molecule is Cc1cccc(CN2CCC(NC(=O)CCNC(=O)c3ccc(F)cc3Cl)CC2)c1. The van der Waals surface area contributed by atoms with Gasteiger partial charge in [0, 0.05) is 38.6 Å². The molecule has 0 aromatic heterocycles. The Labute approximate surface area is 181 Å². The normalized spacial score (nSPS) is 15.0. The molecule has 5 nitrogen and oxygen atoms in total. The molecule has 2 aromatic rings. The van der Waals surface area contributed by atoms with Crippen LogP contribution in [0, 0.1) is 12.7 Å². The minimum atomic E-state index is -0.499. The van der Waals surface area contributed by atoms with Crippen LogP contribution < -0.4 is 10.6 Å². The van der Waals surface area contributed by atoms with E-state index in [9.17, 15) is 14.0 Å². The minimum absolute atomic E-state index is 0.0503. The van der Waals surface area contributed by atoms with E-state index in [1.807, 2.05) is 0 Å². The fourth-order valence-electron chi connectivity index (χ4n) is 3.66. The number of halogens is 2. The fraction of sp³-hybridized carbons (Fsp3) is 0.391. The Morgan fingerprint density at radius 3 is 2.63 bits per heavy atom. The summed E-state index contributed by atoms with van der Waals surface area (Å²) in [5.74, 6) is -1.00. The molecule has 1 heterocycles. The molecule has 2 amide bonds. The molecule has 3 rings (SSSR count). The number of likely N-dealkylation sites (tertiary alicyclic amines) is 1. The second-order valence-electron chi connectivity index (χ2n) is 7.74. The standard InChI is InChI=1S/C23H27ClFN3O2/c1-16-3-2-4-17(13-16)15-28-11-8-19(9-12-28)27-22(29)7-10-26-23(30)20-6-5-18(25)14-21(20)24/h2-6,13-14,19H,7-12,15H2,1H3,(H,26,30)(H,27,29). The summed E-state index contributed by atoms with van der Waals surface area (Å²) in [6, 6.07) is 12.3. The Bertz CT molecular complexity index is 898. The van der Waals surface area contributed by atoms with Crippen LogP contribution in [0.4, 0.5) is 4.39 Å². The van der Waals surface area contributed by atoms with Gasteiger partial charge in [-0.05, 0) is 43.5 Å². The molecular weight excluding hydrogens is 405 g/mol. The molecule has 1 saturated heterocycles. The summed E-state index contributed by atoms with van der Waals surface area (Å²) in [5.41, 5.74) is 2.78. The third-order valence-electron chi connectivity index (χ3n) is 5.25. The summed E-state index contributed by atoms with van der Waals surface area (Å²) < 4.78 is 13.1. The van der Waals surface area contributed by atoms with Gasteiger partial charge >= 0.3 is 0 Å². The summed E-state index contributed by atoms with van der Waals surface area (Å²) >= 11 is 5.88. The van der Waals surface area contributed by atoms with E-state index in [1.54, 1.807) is 0 Å². The van der Waals surface area contributed by atoms with Crippen LogP contribution in [0.15, 0.2) is 42.5 Å². The molecule has 1 aliphatic rings. The highest BCUT2D eigenvalue weighted by Crippen LogP contribution is 2.17. The van der Waals surface area contributed by atoms with Crippen LogP contribution in [-0.4, -0.2) is 42.4 Å².